The zero-order valence-corrected chi connectivity index (χ0v) is 12.0. The number of rotatable bonds is 2. The summed E-state index contributed by atoms with van der Waals surface area (Å²) >= 11 is 3.51. The average Bonchev–Trinajstić information content (AvgIpc) is 2.34. The van der Waals surface area contributed by atoms with Gasteiger partial charge in [0.1, 0.15) is 5.75 Å². The highest BCUT2D eigenvalue weighted by Crippen LogP contribution is 2.46. The van der Waals surface area contributed by atoms with E-state index in [1.165, 1.54) is 22.8 Å². The summed E-state index contributed by atoms with van der Waals surface area (Å²) in [6, 6.07) is 10.4. The molecule has 18 heavy (non-hydrogen) atoms. The highest BCUT2D eigenvalue weighted by molar-refractivity contribution is 9.10. The molecule has 0 saturated heterocycles. The molecule has 1 saturated carbocycles. The van der Waals surface area contributed by atoms with Crippen LogP contribution in [0.15, 0.2) is 34.8 Å². The van der Waals surface area contributed by atoms with Gasteiger partial charge in [-0.05, 0) is 48.2 Å². The van der Waals surface area contributed by atoms with Crippen LogP contribution in [0.2, 0.25) is 0 Å². The van der Waals surface area contributed by atoms with Gasteiger partial charge in [0.25, 0.3) is 0 Å². The van der Waals surface area contributed by atoms with Crippen LogP contribution in [0.3, 0.4) is 0 Å². The van der Waals surface area contributed by atoms with Crippen LogP contribution >= 0.6 is 15.9 Å². The predicted molar refractivity (Wildman–Crippen MR) is 77.9 cm³/mol. The number of hydrogen-bond acceptors (Lipinski definition) is 2. The van der Waals surface area contributed by atoms with Crippen LogP contribution in [-0.4, -0.2) is 7.11 Å². The van der Waals surface area contributed by atoms with Crippen molar-refractivity contribution in [2.45, 2.75) is 24.8 Å². The summed E-state index contributed by atoms with van der Waals surface area (Å²) in [5, 5.41) is 2.41. The molecule has 0 radical (unpaired) electrons. The lowest BCUT2D eigenvalue weighted by Crippen LogP contribution is -2.43. The maximum atomic E-state index is 6.51. The van der Waals surface area contributed by atoms with Gasteiger partial charge in [-0.2, -0.15) is 0 Å². The van der Waals surface area contributed by atoms with E-state index in [2.05, 4.69) is 40.2 Å². The Kier molecular flexibility index (Phi) is 2.83. The SMILES string of the molecule is COc1ccc2cc(Br)ccc2c1C1(N)CCC1. The van der Waals surface area contributed by atoms with Crippen LogP contribution in [0.25, 0.3) is 10.8 Å². The Labute approximate surface area is 115 Å². The fraction of sp³-hybridized carbons (Fsp3) is 0.333. The van der Waals surface area contributed by atoms with Crippen LogP contribution in [0.1, 0.15) is 24.8 Å². The van der Waals surface area contributed by atoms with E-state index in [1.807, 2.05) is 6.07 Å². The third-order valence-electron chi connectivity index (χ3n) is 3.91. The van der Waals surface area contributed by atoms with Crippen molar-refractivity contribution >= 4 is 26.7 Å². The Hall–Kier alpha value is -1.06. The molecule has 2 aromatic carbocycles. The quantitative estimate of drug-likeness (QED) is 0.912. The molecule has 0 atom stereocenters. The van der Waals surface area contributed by atoms with E-state index in [0.717, 1.165) is 23.1 Å². The second-order valence-electron chi connectivity index (χ2n) is 5.02. The van der Waals surface area contributed by atoms with E-state index in [4.69, 9.17) is 10.5 Å². The minimum absolute atomic E-state index is 0.210. The van der Waals surface area contributed by atoms with Crippen molar-refractivity contribution in [2.24, 2.45) is 5.73 Å². The molecule has 0 aromatic heterocycles. The maximum absolute atomic E-state index is 6.51. The summed E-state index contributed by atoms with van der Waals surface area (Å²) in [6.45, 7) is 0. The fourth-order valence-electron chi connectivity index (χ4n) is 2.77. The predicted octanol–water partition coefficient (Wildman–Crippen LogP) is 3.95. The van der Waals surface area contributed by atoms with Gasteiger partial charge in [0.05, 0.1) is 7.11 Å². The standard InChI is InChI=1S/C15H16BrNO/c1-18-13-6-3-10-9-11(16)4-5-12(10)14(13)15(17)7-2-8-15/h3-6,9H,2,7-8,17H2,1H3. The van der Waals surface area contributed by atoms with E-state index < -0.39 is 0 Å². The molecule has 0 aliphatic heterocycles. The number of halogens is 1. The smallest absolute Gasteiger partial charge is 0.124 e. The van der Waals surface area contributed by atoms with Crippen molar-refractivity contribution in [1.29, 1.82) is 0 Å². The van der Waals surface area contributed by atoms with E-state index in [-0.39, 0.29) is 5.54 Å². The molecule has 0 spiro atoms. The van der Waals surface area contributed by atoms with Crippen LogP contribution < -0.4 is 10.5 Å². The van der Waals surface area contributed by atoms with Crippen LogP contribution in [0, 0.1) is 0 Å². The van der Waals surface area contributed by atoms with E-state index in [9.17, 15) is 0 Å². The first-order valence-electron chi connectivity index (χ1n) is 6.20. The van der Waals surface area contributed by atoms with Crippen LogP contribution in [0.5, 0.6) is 5.75 Å². The Morgan fingerprint density at radius 2 is 2.00 bits per heavy atom. The molecule has 2 nitrogen and oxygen atoms in total. The monoisotopic (exact) mass is 305 g/mol. The highest BCUT2D eigenvalue weighted by atomic mass is 79.9. The Balaban J connectivity index is 2.31. The maximum Gasteiger partial charge on any atom is 0.124 e. The van der Waals surface area contributed by atoms with E-state index >= 15 is 0 Å². The Morgan fingerprint density at radius 1 is 1.22 bits per heavy atom. The average molecular weight is 306 g/mol. The lowest BCUT2D eigenvalue weighted by molar-refractivity contribution is 0.246. The number of nitrogens with two attached hydrogens (primary N) is 1. The fourth-order valence-corrected chi connectivity index (χ4v) is 3.15. The number of fused-ring (bicyclic) bond motifs is 1. The normalized spacial score (nSPS) is 17.5. The molecule has 1 aliphatic rings. The molecule has 94 valence electrons. The van der Waals surface area contributed by atoms with Gasteiger partial charge in [0.2, 0.25) is 0 Å². The Morgan fingerprint density at radius 3 is 2.61 bits per heavy atom. The first-order valence-corrected chi connectivity index (χ1v) is 6.99. The van der Waals surface area contributed by atoms with Gasteiger partial charge >= 0.3 is 0 Å². The summed E-state index contributed by atoms with van der Waals surface area (Å²) in [4.78, 5) is 0. The number of ether oxygens (including phenoxy) is 1. The van der Waals surface area contributed by atoms with Crippen molar-refractivity contribution in [3.05, 3.63) is 40.4 Å². The topological polar surface area (TPSA) is 35.2 Å². The lowest BCUT2D eigenvalue weighted by atomic mass is 9.71. The van der Waals surface area contributed by atoms with Gasteiger partial charge in [-0.25, -0.2) is 0 Å². The van der Waals surface area contributed by atoms with Gasteiger partial charge in [-0.1, -0.05) is 28.1 Å². The van der Waals surface area contributed by atoms with Crippen molar-refractivity contribution in [3.8, 4) is 5.75 Å². The largest absolute Gasteiger partial charge is 0.496 e. The second-order valence-corrected chi connectivity index (χ2v) is 5.93. The molecule has 2 aromatic rings. The molecule has 0 heterocycles. The van der Waals surface area contributed by atoms with Crippen molar-refractivity contribution in [1.82, 2.24) is 0 Å². The molecule has 0 unspecified atom stereocenters. The molecule has 0 amide bonds. The molecule has 3 heteroatoms. The summed E-state index contributed by atoms with van der Waals surface area (Å²) < 4.78 is 6.60. The zero-order valence-electron chi connectivity index (χ0n) is 10.4. The first kappa shape index (κ1) is 12.0. The van der Waals surface area contributed by atoms with Crippen LogP contribution in [-0.2, 0) is 5.54 Å². The highest BCUT2D eigenvalue weighted by Gasteiger charge is 2.38. The minimum Gasteiger partial charge on any atom is -0.496 e. The lowest BCUT2D eigenvalue weighted by Gasteiger charge is -2.40. The Bertz CT molecular complexity index is 605. The zero-order chi connectivity index (χ0) is 12.8. The first-order chi connectivity index (χ1) is 8.64. The van der Waals surface area contributed by atoms with Gasteiger partial charge in [-0.3, -0.25) is 0 Å². The van der Waals surface area contributed by atoms with Crippen LogP contribution in [0.4, 0.5) is 0 Å². The molecular weight excluding hydrogens is 290 g/mol. The summed E-state index contributed by atoms with van der Waals surface area (Å²) in [6.07, 6.45) is 3.28. The second kappa shape index (κ2) is 4.25. The molecule has 3 rings (SSSR count). The summed E-state index contributed by atoms with van der Waals surface area (Å²) in [5.74, 6) is 0.909. The van der Waals surface area contributed by atoms with Gasteiger partial charge in [-0.15, -0.1) is 0 Å². The molecule has 2 N–H and O–H groups in total. The number of methoxy groups -OCH3 is 1. The van der Waals surface area contributed by atoms with Crippen molar-refractivity contribution in [2.75, 3.05) is 7.11 Å². The van der Waals surface area contributed by atoms with E-state index in [1.54, 1.807) is 7.11 Å². The number of hydrogen-bond donors (Lipinski definition) is 1. The van der Waals surface area contributed by atoms with Gasteiger partial charge in [0, 0.05) is 15.6 Å². The third-order valence-corrected chi connectivity index (χ3v) is 4.40. The van der Waals surface area contributed by atoms with Gasteiger partial charge in [0.15, 0.2) is 0 Å². The molecule has 0 bridgehead atoms. The summed E-state index contributed by atoms with van der Waals surface area (Å²) in [7, 11) is 1.71. The van der Waals surface area contributed by atoms with Crippen molar-refractivity contribution < 1.29 is 4.74 Å². The van der Waals surface area contributed by atoms with Crippen molar-refractivity contribution in [3.63, 3.8) is 0 Å². The number of benzene rings is 2. The molecule has 1 aliphatic carbocycles. The van der Waals surface area contributed by atoms with E-state index in [0.29, 0.717) is 0 Å². The molecular formula is C15H16BrNO. The summed E-state index contributed by atoms with van der Waals surface area (Å²) in [5.41, 5.74) is 7.47. The third kappa shape index (κ3) is 1.73. The molecule has 1 fully saturated rings. The minimum atomic E-state index is -0.210. The van der Waals surface area contributed by atoms with Gasteiger partial charge < -0.3 is 10.5 Å².